The predicted molar refractivity (Wildman–Crippen MR) is 82.8 cm³/mol. The van der Waals surface area contributed by atoms with E-state index in [2.05, 4.69) is 57.7 Å². The van der Waals surface area contributed by atoms with Crippen molar-refractivity contribution in [1.29, 1.82) is 0 Å². The van der Waals surface area contributed by atoms with E-state index < -0.39 is 0 Å². The van der Waals surface area contributed by atoms with Gasteiger partial charge in [-0.25, -0.2) is 0 Å². The molecule has 0 bridgehead atoms. The van der Waals surface area contributed by atoms with Crippen LogP contribution >= 0.6 is 0 Å². The Balaban J connectivity index is 1.47. The van der Waals surface area contributed by atoms with E-state index in [-0.39, 0.29) is 0 Å². The first-order chi connectivity index (χ1) is 9.92. The quantitative estimate of drug-likeness (QED) is 0.923. The molecular formula is C17H21N3. The van der Waals surface area contributed by atoms with E-state index in [1.807, 2.05) is 12.4 Å². The molecule has 3 rings (SSSR count). The summed E-state index contributed by atoms with van der Waals surface area (Å²) < 4.78 is 0. The van der Waals surface area contributed by atoms with Crippen LogP contribution in [-0.2, 0) is 6.54 Å². The van der Waals surface area contributed by atoms with Gasteiger partial charge in [0.05, 0.1) is 0 Å². The van der Waals surface area contributed by atoms with Crippen molar-refractivity contribution in [3.05, 3.63) is 60.4 Å². The highest BCUT2D eigenvalue weighted by atomic mass is 15.1. The SMILES string of the molecule is c1ccc(N2CCC(NCc3ccncc3)CC2)cc1. The Morgan fingerprint density at radius 3 is 2.40 bits per heavy atom. The smallest absolute Gasteiger partial charge is 0.0366 e. The third-order valence-electron chi connectivity index (χ3n) is 3.96. The lowest BCUT2D eigenvalue weighted by Gasteiger charge is -2.34. The second kappa shape index (κ2) is 6.53. The fraction of sp³-hybridized carbons (Fsp3) is 0.353. The summed E-state index contributed by atoms with van der Waals surface area (Å²) in [7, 11) is 0. The highest BCUT2D eigenvalue weighted by Crippen LogP contribution is 2.19. The second-order valence-corrected chi connectivity index (χ2v) is 5.33. The number of piperidine rings is 1. The Labute approximate surface area is 120 Å². The molecule has 2 heterocycles. The number of para-hydroxylation sites is 1. The molecule has 3 nitrogen and oxygen atoms in total. The van der Waals surface area contributed by atoms with Crippen LogP contribution in [0.1, 0.15) is 18.4 Å². The van der Waals surface area contributed by atoms with Gasteiger partial charge < -0.3 is 10.2 Å². The van der Waals surface area contributed by atoms with Gasteiger partial charge in [-0.05, 0) is 42.7 Å². The highest BCUT2D eigenvalue weighted by molar-refractivity contribution is 5.46. The van der Waals surface area contributed by atoms with Gasteiger partial charge in [-0.2, -0.15) is 0 Å². The zero-order valence-electron chi connectivity index (χ0n) is 11.7. The zero-order valence-corrected chi connectivity index (χ0v) is 11.7. The number of hydrogen-bond acceptors (Lipinski definition) is 3. The molecule has 0 radical (unpaired) electrons. The van der Waals surface area contributed by atoms with Crippen molar-refractivity contribution in [1.82, 2.24) is 10.3 Å². The zero-order chi connectivity index (χ0) is 13.6. The molecule has 2 aromatic rings. The van der Waals surface area contributed by atoms with Gasteiger partial charge in [0.25, 0.3) is 0 Å². The van der Waals surface area contributed by atoms with E-state index in [0.29, 0.717) is 6.04 Å². The summed E-state index contributed by atoms with van der Waals surface area (Å²) in [6, 6.07) is 15.5. The first kappa shape index (κ1) is 13.1. The Bertz CT molecular complexity index is 504. The van der Waals surface area contributed by atoms with Crippen LogP contribution in [0.2, 0.25) is 0 Å². The van der Waals surface area contributed by atoms with Crippen LogP contribution in [0.4, 0.5) is 5.69 Å². The maximum atomic E-state index is 4.05. The summed E-state index contributed by atoms with van der Waals surface area (Å²) in [6.45, 7) is 3.22. The highest BCUT2D eigenvalue weighted by Gasteiger charge is 2.18. The van der Waals surface area contributed by atoms with Crippen molar-refractivity contribution in [2.75, 3.05) is 18.0 Å². The van der Waals surface area contributed by atoms with E-state index in [1.54, 1.807) is 0 Å². The molecule has 20 heavy (non-hydrogen) atoms. The average Bonchev–Trinajstić information content (AvgIpc) is 2.55. The molecule has 0 atom stereocenters. The van der Waals surface area contributed by atoms with Gasteiger partial charge in [-0.1, -0.05) is 18.2 Å². The normalized spacial score (nSPS) is 16.3. The Morgan fingerprint density at radius 2 is 1.70 bits per heavy atom. The summed E-state index contributed by atoms with van der Waals surface area (Å²) in [6.07, 6.45) is 6.13. The Morgan fingerprint density at radius 1 is 1.00 bits per heavy atom. The fourth-order valence-electron chi connectivity index (χ4n) is 2.74. The van der Waals surface area contributed by atoms with Crippen LogP contribution in [-0.4, -0.2) is 24.1 Å². The van der Waals surface area contributed by atoms with Crippen LogP contribution < -0.4 is 10.2 Å². The Hall–Kier alpha value is -1.87. The number of nitrogens with one attached hydrogen (secondary N) is 1. The van der Waals surface area contributed by atoms with Crippen LogP contribution in [0.15, 0.2) is 54.9 Å². The van der Waals surface area contributed by atoms with Gasteiger partial charge in [0.15, 0.2) is 0 Å². The van der Waals surface area contributed by atoms with Crippen molar-refractivity contribution in [3.63, 3.8) is 0 Å². The number of rotatable bonds is 4. The lowest BCUT2D eigenvalue weighted by Crippen LogP contribution is -2.42. The first-order valence-electron chi connectivity index (χ1n) is 7.34. The minimum absolute atomic E-state index is 0.628. The monoisotopic (exact) mass is 267 g/mol. The summed E-state index contributed by atoms with van der Waals surface area (Å²) in [5.74, 6) is 0. The van der Waals surface area contributed by atoms with E-state index in [9.17, 15) is 0 Å². The molecule has 0 aliphatic carbocycles. The summed E-state index contributed by atoms with van der Waals surface area (Å²) >= 11 is 0. The van der Waals surface area contributed by atoms with E-state index in [4.69, 9.17) is 0 Å². The second-order valence-electron chi connectivity index (χ2n) is 5.33. The molecule has 1 fully saturated rings. The number of anilines is 1. The van der Waals surface area contributed by atoms with Gasteiger partial charge >= 0.3 is 0 Å². The first-order valence-corrected chi connectivity index (χ1v) is 7.34. The largest absolute Gasteiger partial charge is 0.371 e. The van der Waals surface area contributed by atoms with Gasteiger partial charge in [0.2, 0.25) is 0 Å². The lowest BCUT2D eigenvalue weighted by atomic mass is 10.0. The van der Waals surface area contributed by atoms with E-state index in [1.165, 1.54) is 24.1 Å². The van der Waals surface area contributed by atoms with Gasteiger partial charge in [-0.15, -0.1) is 0 Å². The van der Waals surface area contributed by atoms with Gasteiger partial charge in [0.1, 0.15) is 0 Å². The topological polar surface area (TPSA) is 28.2 Å². The number of benzene rings is 1. The molecule has 104 valence electrons. The Kier molecular flexibility index (Phi) is 4.28. The van der Waals surface area contributed by atoms with Crippen LogP contribution in [0.5, 0.6) is 0 Å². The molecule has 3 heteroatoms. The minimum atomic E-state index is 0.628. The van der Waals surface area contributed by atoms with Crippen molar-refractivity contribution >= 4 is 5.69 Å². The molecule has 1 aromatic carbocycles. The maximum absolute atomic E-state index is 4.05. The molecule has 1 saturated heterocycles. The molecule has 0 unspecified atom stereocenters. The third kappa shape index (κ3) is 3.36. The number of aromatic nitrogens is 1. The third-order valence-corrected chi connectivity index (χ3v) is 3.96. The van der Waals surface area contributed by atoms with Crippen molar-refractivity contribution in [3.8, 4) is 0 Å². The maximum Gasteiger partial charge on any atom is 0.0366 e. The van der Waals surface area contributed by atoms with E-state index >= 15 is 0 Å². The van der Waals surface area contributed by atoms with Crippen LogP contribution in [0.25, 0.3) is 0 Å². The summed E-state index contributed by atoms with van der Waals surface area (Å²) in [5.41, 5.74) is 2.66. The van der Waals surface area contributed by atoms with Gasteiger partial charge in [-0.3, -0.25) is 4.98 Å². The molecule has 1 aliphatic rings. The van der Waals surface area contributed by atoms with E-state index in [0.717, 1.165) is 19.6 Å². The number of nitrogens with zero attached hydrogens (tertiary/aromatic N) is 2. The molecule has 1 aromatic heterocycles. The minimum Gasteiger partial charge on any atom is -0.371 e. The van der Waals surface area contributed by atoms with Crippen LogP contribution in [0, 0.1) is 0 Å². The molecule has 1 aliphatic heterocycles. The molecule has 0 saturated carbocycles. The predicted octanol–water partition coefficient (Wildman–Crippen LogP) is 2.84. The molecule has 0 amide bonds. The van der Waals surface area contributed by atoms with Crippen molar-refractivity contribution in [2.45, 2.75) is 25.4 Å². The van der Waals surface area contributed by atoms with Gasteiger partial charge in [0, 0.05) is 43.8 Å². The summed E-state index contributed by atoms with van der Waals surface area (Å²) in [5, 5.41) is 3.66. The van der Waals surface area contributed by atoms with Crippen LogP contribution in [0.3, 0.4) is 0 Å². The molecular weight excluding hydrogens is 246 g/mol. The summed E-state index contributed by atoms with van der Waals surface area (Å²) in [4.78, 5) is 6.53. The molecule has 0 spiro atoms. The number of hydrogen-bond donors (Lipinski definition) is 1. The van der Waals surface area contributed by atoms with Crippen molar-refractivity contribution in [2.24, 2.45) is 0 Å². The average molecular weight is 267 g/mol. The fourth-order valence-corrected chi connectivity index (χ4v) is 2.74. The van der Waals surface area contributed by atoms with Crippen molar-refractivity contribution < 1.29 is 0 Å². The molecule has 1 N–H and O–H groups in total. The lowest BCUT2D eigenvalue weighted by molar-refractivity contribution is 0.414. The standard InChI is InChI=1S/C17H21N3/c1-2-4-17(5-3-1)20-12-8-16(9-13-20)19-14-15-6-10-18-11-7-15/h1-7,10-11,16,19H,8-9,12-14H2. The number of pyridine rings is 1.